The Balaban J connectivity index is 2.15. The van der Waals surface area contributed by atoms with Gasteiger partial charge in [0.1, 0.15) is 0 Å². The summed E-state index contributed by atoms with van der Waals surface area (Å²) in [5.74, 6) is 0. The molecule has 16 heavy (non-hydrogen) atoms. The van der Waals surface area contributed by atoms with Crippen molar-refractivity contribution in [2.45, 2.75) is 25.7 Å². The third-order valence-electron chi connectivity index (χ3n) is 2.33. The fourth-order valence-electron chi connectivity index (χ4n) is 1.44. The zero-order chi connectivity index (χ0) is 11.5. The predicted molar refractivity (Wildman–Crippen MR) is 73.3 cm³/mol. The van der Waals surface area contributed by atoms with Crippen LogP contribution in [0.2, 0.25) is 0 Å². The summed E-state index contributed by atoms with van der Waals surface area (Å²) < 4.78 is 0. The first-order valence-electron chi connectivity index (χ1n) is 5.91. The topological polar surface area (TPSA) is 0 Å². The van der Waals surface area contributed by atoms with Gasteiger partial charge in [0.2, 0.25) is 0 Å². The number of rotatable bonds is 7. The lowest BCUT2D eigenvalue weighted by molar-refractivity contribution is 0.867. The van der Waals surface area contributed by atoms with Gasteiger partial charge in [-0.2, -0.15) is 0 Å². The summed E-state index contributed by atoms with van der Waals surface area (Å²) >= 11 is 0. The molecule has 0 spiro atoms. The van der Waals surface area contributed by atoms with Gasteiger partial charge in [-0.1, -0.05) is 60.7 Å². The van der Waals surface area contributed by atoms with E-state index in [4.69, 9.17) is 0 Å². The molecule has 1 rings (SSSR count). The number of benzene rings is 1. The minimum absolute atomic E-state index is 1.02. The number of hydrogen-bond acceptors (Lipinski definition) is 0. The van der Waals surface area contributed by atoms with E-state index < -0.39 is 0 Å². The summed E-state index contributed by atoms with van der Waals surface area (Å²) in [6.45, 7) is 3.71. The maximum atomic E-state index is 3.71. The van der Waals surface area contributed by atoms with Crippen LogP contribution in [0, 0.1) is 0 Å². The highest BCUT2D eigenvalue weighted by Crippen LogP contribution is 2.03. The van der Waals surface area contributed by atoms with Gasteiger partial charge in [0, 0.05) is 0 Å². The lowest BCUT2D eigenvalue weighted by atomic mass is 10.2. The van der Waals surface area contributed by atoms with Crippen LogP contribution in [0.3, 0.4) is 0 Å². The zero-order valence-electron chi connectivity index (χ0n) is 9.81. The molecule has 0 radical (unpaired) electrons. The molecule has 0 bridgehead atoms. The quantitative estimate of drug-likeness (QED) is 0.440. The van der Waals surface area contributed by atoms with Crippen molar-refractivity contribution in [1.29, 1.82) is 0 Å². The van der Waals surface area contributed by atoms with Crippen LogP contribution in [-0.4, -0.2) is 0 Å². The fraction of sp³-hybridized carbons (Fsp3) is 0.250. The molecule has 0 nitrogen and oxygen atoms in total. The second kappa shape index (κ2) is 8.72. The van der Waals surface area contributed by atoms with Gasteiger partial charge in [-0.25, -0.2) is 0 Å². The molecule has 0 atom stereocenters. The highest BCUT2D eigenvalue weighted by molar-refractivity contribution is 5.48. The predicted octanol–water partition coefficient (Wildman–Crippen LogP) is 5.00. The molecule has 0 N–H and O–H groups in total. The van der Waals surface area contributed by atoms with E-state index in [1.54, 1.807) is 0 Å². The average Bonchev–Trinajstić information content (AvgIpc) is 2.34. The fourth-order valence-corrected chi connectivity index (χ4v) is 1.44. The summed E-state index contributed by atoms with van der Waals surface area (Å²) in [6.07, 6.45) is 15.3. The second-order valence-electron chi connectivity index (χ2n) is 3.74. The van der Waals surface area contributed by atoms with Crippen LogP contribution in [0.1, 0.15) is 31.2 Å². The van der Waals surface area contributed by atoms with E-state index in [1.807, 2.05) is 12.1 Å². The van der Waals surface area contributed by atoms with Gasteiger partial charge in [0.05, 0.1) is 0 Å². The van der Waals surface area contributed by atoms with Gasteiger partial charge in [0.15, 0.2) is 0 Å². The van der Waals surface area contributed by atoms with Crippen LogP contribution in [0.15, 0.2) is 61.2 Å². The Morgan fingerprint density at radius 1 is 0.938 bits per heavy atom. The van der Waals surface area contributed by atoms with E-state index in [-0.39, 0.29) is 0 Å². The third kappa shape index (κ3) is 6.02. The van der Waals surface area contributed by atoms with Crippen LogP contribution >= 0.6 is 0 Å². The molecule has 0 saturated heterocycles. The van der Waals surface area contributed by atoms with Crippen LogP contribution < -0.4 is 0 Å². The zero-order valence-corrected chi connectivity index (χ0v) is 9.81. The van der Waals surface area contributed by atoms with Crippen molar-refractivity contribution in [3.05, 3.63) is 66.8 Å². The van der Waals surface area contributed by atoms with Crippen molar-refractivity contribution in [3.8, 4) is 0 Å². The van der Waals surface area contributed by atoms with Crippen molar-refractivity contribution < 1.29 is 0 Å². The smallest absolute Gasteiger partial charge is 0.0166 e. The molecule has 0 saturated carbocycles. The molecular formula is C16H20. The van der Waals surface area contributed by atoms with E-state index in [0.29, 0.717) is 0 Å². The molecule has 84 valence electrons. The third-order valence-corrected chi connectivity index (χ3v) is 2.33. The number of allylic oxidation sites excluding steroid dienone is 4. The van der Waals surface area contributed by atoms with E-state index in [0.717, 1.165) is 19.3 Å². The lowest BCUT2D eigenvalue weighted by Gasteiger charge is -1.90. The summed E-state index contributed by atoms with van der Waals surface area (Å²) in [7, 11) is 0. The Morgan fingerprint density at radius 3 is 2.50 bits per heavy atom. The molecule has 0 heterocycles. The molecule has 0 aliphatic rings. The Bertz CT molecular complexity index is 330. The SMILES string of the molecule is C=CCCC/C=C/C/C=C/c1ccccc1. The lowest BCUT2D eigenvalue weighted by Crippen LogP contribution is -1.69. The van der Waals surface area contributed by atoms with Crippen molar-refractivity contribution in [2.24, 2.45) is 0 Å². The molecule has 0 unspecified atom stereocenters. The normalized spacial score (nSPS) is 11.2. The van der Waals surface area contributed by atoms with E-state index in [2.05, 4.69) is 55.1 Å². The van der Waals surface area contributed by atoms with Crippen molar-refractivity contribution in [2.75, 3.05) is 0 Å². The monoisotopic (exact) mass is 212 g/mol. The summed E-state index contributed by atoms with van der Waals surface area (Å²) in [5.41, 5.74) is 1.27. The Hall–Kier alpha value is -1.56. The first-order valence-corrected chi connectivity index (χ1v) is 5.91. The molecule has 0 fully saturated rings. The summed E-state index contributed by atoms with van der Waals surface area (Å²) in [4.78, 5) is 0. The van der Waals surface area contributed by atoms with Crippen LogP contribution in [-0.2, 0) is 0 Å². The standard InChI is InChI=1S/C16H20/c1-2-3-4-5-6-7-8-10-13-16-14-11-9-12-15-16/h2,6-7,9-15H,1,3-5,8H2/b7-6+,13-10+. The first-order chi connectivity index (χ1) is 7.93. The van der Waals surface area contributed by atoms with Crippen molar-refractivity contribution in [1.82, 2.24) is 0 Å². The molecule has 0 aromatic heterocycles. The van der Waals surface area contributed by atoms with Gasteiger partial charge >= 0.3 is 0 Å². The second-order valence-corrected chi connectivity index (χ2v) is 3.74. The highest BCUT2D eigenvalue weighted by Gasteiger charge is 1.81. The van der Waals surface area contributed by atoms with E-state index in [1.165, 1.54) is 12.0 Å². The first kappa shape index (κ1) is 12.5. The Kier molecular flexibility index (Phi) is 6.82. The van der Waals surface area contributed by atoms with Crippen LogP contribution in [0.5, 0.6) is 0 Å². The van der Waals surface area contributed by atoms with Crippen LogP contribution in [0.4, 0.5) is 0 Å². The van der Waals surface area contributed by atoms with Crippen LogP contribution in [0.25, 0.3) is 6.08 Å². The molecule has 0 heteroatoms. The maximum Gasteiger partial charge on any atom is -0.0166 e. The summed E-state index contributed by atoms with van der Waals surface area (Å²) in [6, 6.07) is 10.4. The number of unbranched alkanes of at least 4 members (excludes halogenated alkanes) is 2. The maximum absolute atomic E-state index is 3.71. The van der Waals surface area contributed by atoms with E-state index in [9.17, 15) is 0 Å². The van der Waals surface area contributed by atoms with Crippen molar-refractivity contribution in [3.63, 3.8) is 0 Å². The largest absolute Gasteiger partial charge is 0.103 e. The summed E-state index contributed by atoms with van der Waals surface area (Å²) in [5, 5.41) is 0. The Labute approximate surface area is 99.0 Å². The number of hydrogen-bond donors (Lipinski definition) is 0. The van der Waals surface area contributed by atoms with Gasteiger partial charge < -0.3 is 0 Å². The van der Waals surface area contributed by atoms with Gasteiger partial charge in [-0.15, -0.1) is 6.58 Å². The molecule has 0 amide bonds. The molecule has 0 aliphatic carbocycles. The molecular weight excluding hydrogens is 192 g/mol. The molecule has 1 aromatic rings. The van der Waals surface area contributed by atoms with E-state index >= 15 is 0 Å². The van der Waals surface area contributed by atoms with Gasteiger partial charge in [-0.3, -0.25) is 0 Å². The Morgan fingerprint density at radius 2 is 1.75 bits per heavy atom. The highest BCUT2D eigenvalue weighted by atomic mass is 13.9. The minimum atomic E-state index is 1.02. The minimum Gasteiger partial charge on any atom is -0.103 e. The van der Waals surface area contributed by atoms with Gasteiger partial charge in [-0.05, 0) is 31.2 Å². The van der Waals surface area contributed by atoms with Gasteiger partial charge in [0.25, 0.3) is 0 Å². The molecule has 0 aliphatic heterocycles. The average molecular weight is 212 g/mol. The molecule has 1 aromatic carbocycles. The van der Waals surface area contributed by atoms with Crippen molar-refractivity contribution >= 4 is 6.08 Å².